The van der Waals surface area contributed by atoms with Crippen molar-refractivity contribution >= 4 is 5.97 Å². The van der Waals surface area contributed by atoms with Crippen LogP contribution in [0.1, 0.15) is 25.0 Å². The Morgan fingerprint density at radius 3 is 2.45 bits per heavy atom. The normalized spacial score (nSPS) is 12.2. The van der Waals surface area contributed by atoms with E-state index in [1.54, 1.807) is 0 Å². The monoisotopic (exact) mass is 352 g/mol. The Kier molecular flexibility index (Phi) is 13.6. The van der Waals surface area contributed by atoms with Gasteiger partial charge in [-0.3, -0.25) is 11.7 Å². The Bertz CT molecular complexity index is 382. The van der Waals surface area contributed by atoms with Crippen LogP contribution in [0, 0.1) is 25.8 Å². The van der Waals surface area contributed by atoms with Crippen molar-refractivity contribution in [3.05, 3.63) is 42.3 Å². The van der Waals surface area contributed by atoms with Crippen molar-refractivity contribution in [1.82, 2.24) is 5.32 Å². The van der Waals surface area contributed by atoms with Crippen molar-refractivity contribution in [1.29, 1.82) is 0 Å². The van der Waals surface area contributed by atoms with E-state index in [4.69, 9.17) is 0 Å². The van der Waals surface area contributed by atoms with E-state index < -0.39 is 5.97 Å². The molecule has 1 aromatic rings. The van der Waals surface area contributed by atoms with Crippen LogP contribution in [-0.4, -0.2) is 26.2 Å². The SMILES string of the molecule is CN[C@@H](C)C(C)Cc1cc[c-]c(C)c1.[CH2-]C(=O)OC.[Y]. The molecule has 3 nitrogen and oxygen atoms in total. The van der Waals surface area contributed by atoms with Gasteiger partial charge in [-0.25, -0.2) is 0 Å². The van der Waals surface area contributed by atoms with E-state index in [0.717, 1.165) is 6.42 Å². The molecule has 0 fully saturated rings. The standard InChI is InChI=1S/C13H20N.C3H5O2.Y/c1-10-6-5-7-13(8-10)9-11(2)12(3)14-4;1-3(4)5-2;/h5,7-8,11-12,14H,9H2,1-4H3;1H2,2H3;/q2*-1;/t11?,12-;;/m0../s1. The van der Waals surface area contributed by atoms with Crippen LogP contribution in [0.5, 0.6) is 0 Å². The molecular weight excluding hydrogens is 327 g/mol. The second-order valence-corrected chi connectivity index (χ2v) is 4.71. The molecule has 0 aliphatic heterocycles. The van der Waals surface area contributed by atoms with Crippen LogP contribution in [0.2, 0.25) is 0 Å². The third kappa shape index (κ3) is 10.4. The molecule has 0 heterocycles. The van der Waals surface area contributed by atoms with Gasteiger partial charge in [-0.2, -0.15) is 35.4 Å². The first-order valence-corrected chi connectivity index (χ1v) is 6.45. The molecule has 0 spiro atoms. The first-order chi connectivity index (χ1) is 8.90. The molecule has 0 saturated carbocycles. The third-order valence-corrected chi connectivity index (χ3v) is 3.10. The van der Waals surface area contributed by atoms with Crippen molar-refractivity contribution in [3.63, 3.8) is 0 Å². The van der Waals surface area contributed by atoms with Gasteiger partial charge in [-0.1, -0.05) is 13.8 Å². The molecule has 20 heavy (non-hydrogen) atoms. The molecule has 2 atom stereocenters. The summed E-state index contributed by atoms with van der Waals surface area (Å²) in [5.74, 6) is 0.173. The zero-order chi connectivity index (χ0) is 14.8. The van der Waals surface area contributed by atoms with Crippen LogP contribution >= 0.6 is 0 Å². The van der Waals surface area contributed by atoms with Gasteiger partial charge in [0.25, 0.3) is 0 Å². The number of ether oxygens (including phenoxy) is 1. The molecular formula is C16H25NO2Y-2. The van der Waals surface area contributed by atoms with Gasteiger partial charge >= 0.3 is 0 Å². The second kappa shape index (κ2) is 12.4. The second-order valence-electron chi connectivity index (χ2n) is 4.71. The Hall–Kier alpha value is -0.376. The van der Waals surface area contributed by atoms with Gasteiger partial charge in [0.05, 0.1) is 7.11 Å². The number of nitrogens with one attached hydrogen (secondary N) is 1. The predicted molar refractivity (Wildman–Crippen MR) is 78.8 cm³/mol. The summed E-state index contributed by atoms with van der Waals surface area (Å²) < 4.78 is 4.00. The van der Waals surface area contributed by atoms with Crippen LogP contribution < -0.4 is 5.32 Å². The molecule has 0 aliphatic rings. The summed E-state index contributed by atoms with van der Waals surface area (Å²) in [4.78, 5) is 9.48. The molecule has 111 valence electrons. The number of methoxy groups -OCH3 is 1. The Balaban J connectivity index is 0. The zero-order valence-electron chi connectivity index (χ0n) is 13.2. The minimum Gasteiger partial charge on any atom is -0.492 e. The largest absolute Gasteiger partial charge is 0.492 e. The molecule has 0 aliphatic carbocycles. The van der Waals surface area contributed by atoms with Gasteiger partial charge in [0, 0.05) is 38.8 Å². The summed E-state index contributed by atoms with van der Waals surface area (Å²) in [6, 6.07) is 10.1. The molecule has 1 unspecified atom stereocenters. The number of carbonyl (C=O) groups excluding carboxylic acids is 1. The number of rotatable bonds is 4. The topological polar surface area (TPSA) is 38.3 Å². The van der Waals surface area contributed by atoms with Gasteiger partial charge in [0.15, 0.2) is 5.97 Å². The fourth-order valence-electron chi connectivity index (χ4n) is 1.61. The Morgan fingerprint density at radius 2 is 2.05 bits per heavy atom. The van der Waals surface area contributed by atoms with E-state index in [2.05, 4.69) is 55.9 Å². The number of esters is 1. The quantitative estimate of drug-likeness (QED) is 0.669. The molecule has 1 aromatic carbocycles. The number of aryl methyl sites for hydroxylation is 1. The molecule has 1 N–H and O–H groups in total. The molecule has 0 saturated heterocycles. The van der Waals surface area contributed by atoms with Crippen molar-refractivity contribution in [2.45, 2.75) is 33.2 Å². The number of hydrogen-bond donors (Lipinski definition) is 1. The Labute approximate surface area is 148 Å². The Morgan fingerprint density at radius 1 is 1.50 bits per heavy atom. The maximum absolute atomic E-state index is 9.48. The van der Waals surface area contributed by atoms with Crippen LogP contribution in [0.4, 0.5) is 0 Å². The van der Waals surface area contributed by atoms with Crippen LogP contribution in [0.15, 0.2) is 18.2 Å². The van der Waals surface area contributed by atoms with E-state index in [-0.39, 0.29) is 32.7 Å². The molecule has 0 aromatic heterocycles. The summed E-state index contributed by atoms with van der Waals surface area (Å²) in [5, 5.41) is 3.29. The van der Waals surface area contributed by atoms with Crippen molar-refractivity contribution < 1.29 is 42.2 Å². The minimum absolute atomic E-state index is 0. The van der Waals surface area contributed by atoms with Gasteiger partial charge in [0.1, 0.15) is 0 Å². The average Bonchev–Trinajstić information content (AvgIpc) is 2.38. The van der Waals surface area contributed by atoms with Gasteiger partial charge in [-0.15, -0.1) is 0 Å². The van der Waals surface area contributed by atoms with Crippen molar-refractivity contribution in [3.8, 4) is 0 Å². The summed E-state index contributed by atoms with van der Waals surface area (Å²) >= 11 is 0. The molecule has 1 rings (SSSR count). The molecule has 1 radical (unpaired) electrons. The van der Waals surface area contributed by atoms with E-state index in [9.17, 15) is 4.79 Å². The van der Waals surface area contributed by atoms with E-state index in [0.29, 0.717) is 12.0 Å². The van der Waals surface area contributed by atoms with E-state index in [1.807, 2.05) is 13.1 Å². The molecule has 0 amide bonds. The smallest absolute Gasteiger partial charge is 0.164 e. The summed E-state index contributed by atoms with van der Waals surface area (Å²) in [5.41, 5.74) is 2.64. The summed E-state index contributed by atoms with van der Waals surface area (Å²) in [7, 11) is 3.31. The first kappa shape index (κ1) is 21.9. The van der Waals surface area contributed by atoms with Gasteiger partial charge < -0.3 is 10.1 Å². The van der Waals surface area contributed by atoms with Crippen LogP contribution in [-0.2, 0) is 48.7 Å². The molecule has 4 heteroatoms. The van der Waals surface area contributed by atoms with Crippen LogP contribution in [0.25, 0.3) is 0 Å². The fraction of sp³-hybridized carbons (Fsp3) is 0.500. The summed E-state index contributed by atoms with van der Waals surface area (Å²) in [6.45, 7) is 9.50. The predicted octanol–water partition coefficient (Wildman–Crippen LogP) is 2.57. The van der Waals surface area contributed by atoms with Crippen LogP contribution in [0.3, 0.4) is 0 Å². The third-order valence-electron chi connectivity index (χ3n) is 3.10. The zero-order valence-corrected chi connectivity index (χ0v) is 16.0. The fourth-order valence-corrected chi connectivity index (χ4v) is 1.61. The maximum Gasteiger partial charge on any atom is 0.164 e. The summed E-state index contributed by atoms with van der Waals surface area (Å²) in [6.07, 6.45) is 1.14. The van der Waals surface area contributed by atoms with E-state index >= 15 is 0 Å². The number of benzene rings is 1. The average molecular weight is 352 g/mol. The number of carbonyl (C=O) groups is 1. The van der Waals surface area contributed by atoms with Crippen molar-refractivity contribution in [2.24, 2.45) is 5.92 Å². The van der Waals surface area contributed by atoms with Gasteiger partial charge in [-0.05, 0) is 26.3 Å². The van der Waals surface area contributed by atoms with Crippen molar-refractivity contribution in [2.75, 3.05) is 14.2 Å². The minimum atomic E-state index is -0.495. The molecule has 0 bridgehead atoms. The first-order valence-electron chi connectivity index (χ1n) is 6.45. The maximum atomic E-state index is 9.48. The van der Waals surface area contributed by atoms with Gasteiger partial charge in [0.2, 0.25) is 0 Å². The number of hydrogen-bond acceptors (Lipinski definition) is 3. The van der Waals surface area contributed by atoms with E-state index in [1.165, 1.54) is 18.2 Å².